The summed E-state index contributed by atoms with van der Waals surface area (Å²) in [5.74, 6) is 1.78. The summed E-state index contributed by atoms with van der Waals surface area (Å²) in [4.78, 5) is 24.9. The highest BCUT2D eigenvalue weighted by Crippen LogP contribution is 2.61. The number of esters is 1. The Balaban J connectivity index is 1.35. The fourth-order valence-corrected chi connectivity index (χ4v) is 6.41. The summed E-state index contributed by atoms with van der Waals surface area (Å²) in [5.41, 5.74) is 6.40. The molecular formula is C22H29ClN2O4. The van der Waals surface area contributed by atoms with Crippen molar-refractivity contribution in [1.82, 2.24) is 5.32 Å². The summed E-state index contributed by atoms with van der Waals surface area (Å²) in [6.45, 7) is 1.77. The summed E-state index contributed by atoms with van der Waals surface area (Å²) in [5, 5.41) is 3.33. The molecule has 0 heterocycles. The van der Waals surface area contributed by atoms with Gasteiger partial charge in [0.2, 0.25) is 0 Å². The van der Waals surface area contributed by atoms with Gasteiger partial charge in [0.15, 0.2) is 6.61 Å². The molecule has 0 spiro atoms. The van der Waals surface area contributed by atoms with Crippen molar-refractivity contribution in [2.75, 3.05) is 19.5 Å². The van der Waals surface area contributed by atoms with Crippen LogP contribution < -0.4 is 15.8 Å². The molecule has 5 rings (SSSR count). The number of amides is 1. The molecule has 7 heteroatoms. The maximum absolute atomic E-state index is 12.5. The fourth-order valence-electron chi connectivity index (χ4n) is 6.25. The van der Waals surface area contributed by atoms with Crippen LogP contribution in [0.25, 0.3) is 0 Å². The number of anilines is 1. The molecule has 0 aliphatic heterocycles. The van der Waals surface area contributed by atoms with E-state index in [1.54, 1.807) is 0 Å². The Kier molecular flexibility index (Phi) is 5.40. The zero-order valence-corrected chi connectivity index (χ0v) is 17.8. The molecule has 4 fully saturated rings. The number of nitrogens with two attached hydrogens (primary N) is 1. The van der Waals surface area contributed by atoms with Gasteiger partial charge in [-0.3, -0.25) is 4.79 Å². The van der Waals surface area contributed by atoms with Crippen molar-refractivity contribution in [2.24, 2.45) is 23.2 Å². The van der Waals surface area contributed by atoms with Crippen LogP contribution in [0.1, 0.15) is 55.8 Å². The van der Waals surface area contributed by atoms with Crippen LogP contribution in [0.15, 0.2) is 12.1 Å². The molecule has 158 valence electrons. The van der Waals surface area contributed by atoms with Crippen molar-refractivity contribution >= 4 is 29.2 Å². The molecule has 29 heavy (non-hydrogen) atoms. The largest absolute Gasteiger partial charge is 0.496 e. The Morgan fingerprint density at radius 2 is 1.79 bits per heavy atom. The number of nitrogen functional groups attached to an aromatic ring is 1. The van der Waals surface area contributed by atoms with Crippen molar-refractivity contribution in [1.29, 1.82) is 0 Å². The lowest BCUT2D eigenvalue weighted by Crippen LogP contribution is -2.56. The van der Waals surface area contributed by atoms with E-state index in [1.165, 1.54) is 57.8 Å². The molecular weight excluding hydrogens is 392 g/mol. The molecule has 4 bridgehead atoms. The highest BCUT2D eigenvalue weighted by Gasteiger charge is 2.53. The normalized spacial score (nSPS) is 30.7. The summed E-state index contributed by atoms with van der Waals surface area (Å²) in [7, 11) is 1.43. The van der Waals surface area contributed by atoms with E-state index in [0.717, 1.165) is 17.8 Å². The van der Waals surface area contributed by atoms with E-state index in [4.69, 9.17) is 26.8 Å². The summed E-state index contributed by atoms with van der Waals surface area (Å²) in [6.07, 6.45) is 7.72. The number of hydrogen-bond donors (Lipinski definition) is 2. The van der Waals surface area contributed by atoms with Crippen LogP contribution in [0.4, 0.5) is 5.69 Å². The van der Waals surface area contributed by atoms with Gasteiger partial charge in [0, 0.05) is 12.1 Å². The van der Waals surface area contributed by atoms with E-state index in [9.17, 15) is 9.59 Å². The lowest BCUT2D eigenvalue weighted by molar-refractivity contribution is -0.128. The van der Waals surface area contributed by atoms with Gasteiger partial charge < -0.3 is 20.5 Å². The molecule has 1 aromatic rings. The maximum Gasteiger partial charge on any atom is 0.342 e. The molecule has 4 aliphatic rings. The van der Waals surface area contributed by atoms with Gasteiger partial charge in [-0.15, -0.1) is 0 Å². The van der Waals surface area contributed by atoms with E-state index < -0.39 is 5.97 Å². The molecule has 3 N–H and O–H groups in total. The van der Waals surface area contributed by atoms with Crippen LogP contribution in [-0.4, -0.2) is 31.6 Å². The van der Waals surface area contributed by atoms with E-state index in [1.807, 2.05) is 0 Å². The molecule has 0 radical (unpaired) electrons. The van der Waals surface area contributed by atoms with Gasteiger partial charge in [0.25, 0.3) is 5.91 Å². The van der Waals surface area contributed by atoms with Crippen LogP contribution in [0.2, 0.25) is 5.02 Å². The second-order valence-corrected chi connectivity index (χ2v) is 9.63. The third-order valence-corrected chi connectivity index (χ3v) is 7.58. The minimum Gasteiger partial charge on any atom is -0.496 e. The lowest BCUT2D eigenvalue weighted by Gasteiger charge is -2.59. The molecule has 1 aromatic carbocycles. The predicted octanol–water partition coefficient (Wildman–Crippen LogP) is 3.81. The summed E-state index contributed by atoms with van der Waals surface area (Å²) < 4.78 is 10.4. The van der Waals surface area contributed by atoms with Gasteiger partial charge in [-0.05, 0) is 74.7 Å². The molecule has 4 saturated carbocycles. The van der Waals surface area contributed by atoms with Crippen LogP contribution in [-0.2, 0) is 9.53 Å². The molecule has 1 atom stereocenters. The van der Waals surface area contributed by atoms with Gasteiger partial charge in [-0.1, -0.05) is 11.6 Å². The lowest BCUT2D eigenvalue weighted by atomic mass is 9.48. The third-order valence-electron chi connectivity index (χ3n) is 7.25. The molecule has 1 amide bonds. The smallest absolute Gasteiger partial charge is 0.342 e. The fraction of sp³-hybridized carbons (Fsp3) is 0.636. The average molecular weight is 421 g/mol. The van der Waals surface area contributed by atoms with Crippen LogP contribution in [0.5, 0.6) is 5.75 Å². The number of hydrogen-bond acceptors (Lipinski definition) is 5. The van der Waals surface area contributed by atoms with Crippen molar-refractivity contribution in [2.45, 2.75) is 51.5 Å². The molecule has 0 aromatic heterocycles. The van der Waals surface area contributed by atoms with Gasteiger partial charge in [0.05, 0.1) is 17.8 Å². The number of rotatable bonds is 6. The first-order valence-electron chi connectivity index (χ1n) is 10.4. The van der Waals surface area contributed by atoms with E-state index >= 15 is 0 Å². The Bertz CT molecular complexity index is 790. The molecule has 1 unspecified atom stereocenters. The van der Waals surface area contributed by atoms with Crippen molar-refractivity contribution in [3.8, 4) is 5.75 Å². The number of ether oxygens (including phenoxy) is 2. The Hall–Kier alpha value is -1.95. The quantitative estimate of drug-likeness (QED) is 0.539. The van der Waals surface area contributed by atoms with Gasteiger partial charge >= 0.3 is 5.97 Å². The molecule has 4 aliphatic carbocycles. The Morgan fingerprint density at radius 1 is 1.21 bits per heavy atom. The third kappa shape index (κ3) is 3.91. The second-order valence-electron chi connectivity index (χ2n) is 9.22. The number of methoxy groups -OCH3 is 1. The van der Waals surface area contributed by atoms with Crippen LogP contribution >= 0.6 is 11.6 Å². The van der Waals surface area contributed by atoms with Crippen LogP contribution in [0.3, 0.4) is 0 Å². The molecule has 6 nitrogen and oxygen atoms in total. The first kappa shape index (κ1) is 20.3. The van der Waals surface area contributed by atoms with Crippen molar-refractivity contribution in [3.05, 3.63) is 22.7 Å². The Labute approximate surface area is 176 Å². The number of carbonyl (C=O) groups excluding carboxylic acids is 2. The number of nitrogens with one attached hydrogen (secondary N) is 1. The number of carbonyl (C=O) groups is 2. The maximum atomic E-state index is 12.5. The highest BCUT2D eigenvalue weighted by molar-refractivity contribution is 6.33. The van der Waals surface area contributed by atoms with Crippen molar-refractivity contribution < 1.29 is 19.1 Å². The number of halogens is 1. The standard InChI is InChI=1S/C22H29ClN2O4/c1-12(22-8-13-3-14(9-22)5-15(4-13)10-22)25-20(26)11-29-21(27)16-6-17(23)18(24)7-19(16)28-2/h6-7,12-15H,3-5,8-11,24H2,1-2H3,(H,25,26). The average Bonchev–Trinajstić information content (AvgIpc) is 2.66. The zero-order valence-electron chi connectivity index (χ0n) is 17.0. The van der Waals surface area contributed by atoms with E-state index in [0.29, 0.717) is 5.69 Å². The molecule has 0 saturated heterocycles. The summed E-state index contributed by atoms with van der Waals surface area (Å²) in [6, 6.07) is 2.95. The minimum absolute atomic E-state index is 0.0857. The highest BCUT2D eigenvalue weighted by atomic mass is 35.5. The van der Waals surface area contributed by atoms with Gasteiger partial charge in [-0.2, -0.15) is 0 Å². The summed E-state index contributed by atoms with van der Waals surface area (Å²) >= 11 is 6.00. The van der Waals surface area contributed by atoms with Crippen LogP contribution in [0, 0.1) is 23.2 Å². The SMILES string of the molecule is COc1cc(N)c(Cl)cc1C(=O)OCC(=O)NC(C)C12CC3CC(CC(C3)C1)C2. The van der Waals surface area contributed by atoms with Gasteiger partial charge in [-0.25, -0.2) is 4.79 Å². The minimum atomic E-state index is -0.665. The first-order valence-corrected chi connectivity index (χ1v) is 10.8. The zero-order chi connectivity index (χ0) is 20.8. The van der Waals surface area contributed by atoms with E-state index in [-0.39, 0.29) is 40.3 Å². The van der Waals surface area contributed by atoms with Gasteiger partial charge in [0.1, 0.15) is 11.3 Å². The second kappa shape index (κ2) is 7.71. The van der Waals surface area contributed by atoms with Crippen molar-refractivity contribution in [3.63, 3.8) is 0 Å². The first-order chi connectivity index (χ1) is 13.8. The predicted molar refractivity (Wildman–Crippen MR) is 111 cm³/mol. The topological polar surface area (TPSA) is 90.7 Å². The Morgan fingerprint density at radius 3 is 2.34 bits per heavy atom. The monoisotopic (exact) mass is 420 g/mol. The van der Waals surface area contributed by atoms with E-state index in [2.05, 4.69) is 12.2 Å². The number of benzene rings is 1.